The molecule has 1 atom stereocenters. The number of rotatable bonds is 8. The molecule has 5 heteroatoms. The molecule has 4 nitrogen and oxygen atoms in total. The van der Waals surface area contributed by atoms with Gasteiger partial charge in [-0.1, -0.05) is 41.9 Å². The summed E-state index contributed by atoms with van der Waals surface area (Å²) in [5.74, 6) is -0.0297. The minimum absolute atomic E-state index is 0.0419. The van der Waals surface area contributed by atoms with E-state index in [9.17, 15) is 4.79 Å². The highest BCUT2D eigenvalue weighted by molar-refractivity contribution is 6.31. The average Bonchev–Trinajstić information content (AvgIpc) is 2.55. The van der Waals surface area contributed by atoms with Crippen molar-refractivity contribution >= 4 is 17.6 Å². The van der Waals surface area contributed by atoms with Gasteiger partial charge in [0.2, 0.25) is 0 Å². The van der Waals surface area contributed by atoms with Crippen LogP contribution in [-0.4, -0.2) is 35.6 Å². The van der Waals surface area contributed by atoms with Crippen LogP contribution in [0.25, 0.3) is 0 Å². The SMILES string of the molecule is CC(Cc1ccc(OCc2ccccc2Cl)cc1)N(C)CC(=O)O. The Morgan fingerprint density at radius 1 is 1.21 bits per heavy atom. The summed E-state index contributed by atoms with van der Waals surface area (Å²) >= 11 is 6.11. The Kier molecular flexibility index (Phi) is 6.64. The number of carboxylic acids is 1. The van der Waals surface area contributed by atoms with Gasteiger partial charge in [-0.25, -0.2) is 0 Å². The highest BCUT2D eigenvalue weighted by Gasteiger charge is 2.12. The topological polar surface area (TPSA) is 49.8 Å². The smallest absolute Gasteiger partial charge is 0.317 e. The van der Waals surface area contributed by atoms with Gasteiger partial charge < -0.3 is 9.84 Å². The number of nitrogens with zero attached hydrogens (tertiary/aromatic N) is 1. The zero-order valence-corrected chi connectivity index (χ0v) is 14.7. The highest BCUT2D eigenvalue weighted by Crippen LogP contribution is 2.19. The maximum Gasteiger partial charge on any atom is 0.317 e. The fraction of sp³-hybridized carbons (Fsp3) is 0.316. The van der Waals surface area contributed by atoms with Crippen molar-refractivity contribution in [2.45, 2.75) is 26.0 Å². The Morgan fingerprint density at radius 2 is 1.88 bits per heavy atom. The maximum absolute atomic E-state index is 10.8. The second-order valence-electron chi connectivity index (χ2n) is 5.89. The molecule has 0 saturated carbocycles. The van der Waals surface area contributed by atoms with Gasteiger partial charge in [0, 0.05) is 16.6 Å². The monoisotopic (exact) mass is 347 g/mol. The van der Waals surface area contributed by atoms with Crippen LogP contribution in [0, 0.1) is 0 Å². The molecule has 0 saturated heterocycles. The van der Waals surface area contributed by atoms with E-state index in [1.165, 1.54) is 0 Å². The van der Waals surface area contributed by atoms with E-state index in [4.69, 9.17) is 21.4 Å². The van der Waals surface area contributed by atoms with E-state index >= 15 is 0 Å². The lowest BCUT2D eigenvalue weighted by Crippen LogP contribution is -2.35. The molecule has 0 fully saturated rings. The fourth-order valence-electron chi connectivity index (χ4n) is 2.36. The van der Waals surface area contributed by atoms with E-state index in [1.54, 1.807) is 0 Å². The summed E-state index contributed by atoms with van der Waals surface area (Å²) in [4.78, 5) is 12.6. The van der Waals surface area contributed by atoms with Gasteiger partial charge in [0.1, 0.15) is 12.4 Å². The quantitative estimate of drug-likeness (QED) is 0.787. The normalized spacial score (nSPS) is 12.2. The Labute approximate surface area is 147 Å². The Bertz CT molecular complexity index is 673. The number of hydrogen-bond acceptors (Lipinski definition) is 3. The summed E-state index contributed by atoms with van der Waals surface area (Å²) in [5, 5.41) is 9.54. The average molecular weight is 348 g/mol. The lowest BCUT2D eigenvalue weighted by atomic mass is 10.1. The molecule has 0 aromatic heterocycles. The van der Waals surface area contributed by atoms with Crippen molar-refractivity contribution in [3.63, 3.8) is 0 Å². The summed E-state index contributed by atoms with van der Waals surface area (Å²) in [5.41, 5.74) is 2.09. The van der Waals surface area contributed by atoms with Crippen LogP contribution in [0.4, 0.5) is 0 Å². The maximum atomic E-state index is 10.8. The predicted octanol–water partition coefficient (Wildman–Crippen LogP) is 3.87. The van der Waals surface area contributed by atoms with Crippen molar-refractivity contribution < 1.29 is 14.6 Å². The van der Waals surface area contributed by atoms with E-state index < -0.39 is 5.97 Å². The molecule has 0 aliphatic carbocycles. The molecule has 0 radical (unpaired) electrons. The molecular weight excluding hydrogens is 326 g/mol. The Balaban J connectivity index is 1.88. The fourth-order valence-corrected chi connectivity index (χ4v) is 2.55. The molecule has 2 aromatic rings. The van der Waals surface area contributed by atoms with Crippen LogP contribution in [0.5, 0.6) is 5.75 Å². The van der Waals surface area contributed by atoms with Crippen molar-refractivity contribution in [2.75, 3.05) is 13.6 Å². The zero-order chi connectivity index (χ0) is 17.5. The van der Waals surface area contributed by atoms with Gasteiger partial charge in [-0.3, -0.25) is 9.69 Å². The number of carboxylic acid groups (broad SMARTS) is 1. The van der Waals surface area contributed by atoms with E-state index in [0.29, 0.717) is 11.6 Å². The second-order valence-corrected chi connectivity index (χ2v) is 6.29. The van der Waals surface area contributed by atoms with Crippen LogP contribution in [0.15, 0.2) is 48.5 Å². The summed E-state index contributed by atoms with van der Waals surface area (Å²) in [6.45, 7) is 2.49. The summed E-state index contributed by atoms with van der Waals surface area (Å²) in [6.07, 6.45) is 0.786. The first-order chi connectivity index (χ1) is 11.5. The molecule has 1 unspecified atom stereocenters. The third kappa shape index (κ3) is 5.55. The first-order valence-corrected chi connectivity index (χ1v) is 8.20. The second kappa shape index (κ2) is 8.71. The third-order valence-corrected chi connectivity index (χ3v) is 4.31. The molecule has 0 aliphatic heterocycles. The van der Waals surface area contributed by atoms with Crippen LogP contribution in [0.2, 0.25) is 5.02 Å². The molecule has 2 rings (SSSR count). The Morgan fingerprint density at radius 3 is 2.50 bits per heavy atom. The van der Waals surface area contributed by atoms with E-state index in [2.05, 4.69) is 0 Å². The largest absolute Gasteiger partial charge is 0.489 e. The zero-order valence-electron chi connectivity index (χ0n) is 13.9. The number of likely N-dealkylation sites (N-methyl/N-ethyl adjacent to an activating group) is 1. The van der Waals surface area contributed by atoms with Gasteiger partial charge in [0.05, 0.1) is 6.54 Å². The van der Waals surface area contributed by atoms with E-state index in [-0.39, 0.29) is 12.6 Å². The molecule has 128 valence electrons. The third-order valence-electron chi connectivity index (χ3n) is 3.94. The standard InChI is InChI=1S/C19H22ClNO3/c1-14(21(2)12-19(22)23)11-15-7-9-17(10-8-15)24-13-16-5-3-4-6-18(16)20/h3-10,14H,11-13H2,1-2H3,(H,22,23). The summed E-state index contributed by atoms with van der Waals surface area (Å²) in [6, 6.07) is 15.6. The number of carbonyl (C=O) groups is 1. The molecule has 0 aliphatic rings. The van der Waals surface area contributed by atoms with Crippen molar-refractivity contribution in [2.24, 2.45) is 0 Å². The molecule has 1 N–H and O–H groups in total. The van der Waals surface area contributed by atoms with Gasteiger partial charge in [-0.15, -0.1) is 0 Å². The van der Waals surface area contributed by atoms with Crippen LogP contribution in [0.3, 0.4) is 0 Å². The number of aliphatic carboxylic acids is 1. The van der Waals surface area contributed by atoms with Gasteiger partial charge in [0.25, 0.3) is 0 Å². The molecule has 24 heavy (non-hydrogen) atoms. The molecule has 0 amide bonds. The molecule has 2 aromatic carbocycles. The number of ether oxygens (including phenoxy) is 1. The van der Waals surface area contributed by atoms with Crippen molar-refractivity contribution in [1.29, 1.82) is 0 Å². The van der Waals surface area contributed by atoms with Gasteiger partial charge in [-0.2, -0.15) is 0 Å². The van der Waals surface area contributed by atoms with Crippen molar-refractivity contribution in [1.82, 2.24) is 4.90 Å². The van der Waals surface area contributed by atoms with Crippen LogP contribution in [0.1, 0.15) is 18.1 Å². The van der Waals surface area contributed by atoms with E-state index in [0.717, 1.165) is 23.3 Å². The van der Waals surface area contributed by atoms with Crippen LogP contribution >= 0.6 is 11.6 Å². The lowest BCUT2D eigenvalue weighted by molar-refractivity contribution is -0.138. The molecule has 0 bridgehead atoms. The highest BCUT2D eigenvalue weighted by atomic mass is 35.5. The molecule has 0 heterocycles. The predicted molar refractivity (Wildman–Crippen MR) is 95.7 cm³/mol. The van der Waals surface area contributed by atoms with Gasteiger partial charge in [-0.05, 0) is 44.2 Å². The molecular formula is C19H22ClNO3. The van der Waals surface area contributed by atoms with Crippen LogP contribution in [-0.2, 0) is 17.8 Å². The molecule has 0 spiro atoms. The summed E-state index contributed by atoms with van der Waals surface area (Å²) < 4.78 is 5.76. The lowest BCUT2D eigenvalue weighted by Gasteiger charge is -2.22. The Hall–Kier alpha value is -2.04. The minimum atomic E-state index is -0.812. The van der Waals surface area contributed by atoms with Crippen molar-refractivity contribution in [3.8, 4) is 5.75 Å². The number of hydrogen-bond donors (Lipinski definition) is 1. The van der Waals surface area contributed by atoms with Crippen molar-refractivity contribution in [3.05, 3.63) is 64.7 Å². The number of benzene rings is 2. The first-order valence-electron chi connectivity index (χ1n) is 7.83. The number of halogens is 1. The minimum Gasteiger partial charge on any atom is -0.489 e. The van der Waals surface area contributed by atoms with Gasteiger partial charge in [0.15, 0.2) is 0 Å². The van der Waals surface area contributed by atoms with E-state index in [1.807, 2.05) is 67.4 Å². The first kappa shape index (κ1) is 18.3. The summed E-state index contributed by atoms with van der Waals surface area (Å²) in [7, 11) is 1.82. The van der Waals surface area contributed by atoms with Crippen LogP contribution < -0.4 is 4.74 Å². The van der Waals surface area contributed by atoms with Gasteiger partial charge >= 0.3 is 5.97 Å².